The molecule has 0 spiro atoms. The van der Waals surface area contributed by atoms with E-state index in [0.717, 1.165) is 36.6 Å². The molecule has 1 aliphatic heterocycles. The van der Waals surface area contributed by atoms with Crippen LogP contribution >= 0.6 is 0 Å². The summed E-state index contributed by atoms with van der Waals surface area (Å²) in [5.41, 5.74) is 7.48. The fourth-order valence-electron chi connectivity index (χ4n) is 2.69. The number of hydrogen-bond acceptors (Lipinski definition) is 7. The molecule has 3 heterocycles. The van der Waals surface area contributed by atoms with Gasteiger partial charge in [-0.25, -0.2) is 4.98 Å². The molecule has 22 heavy (non-hydrogen) atoms. The SMILES string of the molecule is CN[C@@H]1CCN(c2cc(-c3cnn(CCO)c3)nc(N)n2)C1. The molecule has 3 rings (SSSR count). The zero-order valence-corrected chi connectivity index (χ0v) is 12.6. The van der Waals surface area contributed by atoms with Crippen LogP contribution in [-0.2, 0) is 6.54 Å². The van der Waals surface area contributed by atoms with Gasteiger partial charge in [0.15, 0.2) is 0 Å². The van der Waals surface area contributed by atoms with Crippen molar-refractivity contribution in [2.24, 2.45) is 0 Å². The van der Waals surface area contributed by atoms with E-state index in [4.69, 9.17) is 10.8 Å². The standard InChI is InChI=1S/C14H21N7O/c1-16-11-2-3-20(9-11)13-6-12(18-14(15)19-13)10-7-17-21(8-10)4-5-22/h6-8,11,16,22H,2-5,9H2,1H3,(H2,15,18,19)/t11-/m1/s1. The number of hydrogen-bond donors (Lipinski definition) is 3. The van der Waals surface area contributed by atoms with Gasteiger partial charge < -0.3 is 21.1 Å². The number of nitrogens with two attached hydrogens (primary N) is 1. The molecule has 1 saturated heterocycles. The third kappa shape index (κ3) is 3.02. The van der Waals surface area contributed by atoms with Crippen molar-refractivity contribution in [1.82, 2.24) is 25.1 Å². The zero-order valence-electron chi connectivity index (χ0n) is 12.6. The average molecular weight is 303 g/mol. The Morgan fingerprint density at radius 3 is 3.05 bits per heavy atom. The predicted molar refractivity (Wildman–Crippen MR) is 84.4 cm³/mol. The first-order valence-electron chi connectivity index (χ1n) is 7.40. The monoisotopic (exact) mass is 303 g/mol. The molecule has 1 aliphatic rings. The summed E-state index contributed by atoms with van der Waals surface area (Å²) in [6, 6.07) is 2.42. The van der Waals surface area contributed by atoms with E-state index in [1.54, 1.807) is 10.9 Å². The summed E-state index contributed by atoms with van der Waals surface area (Å²) in [7, 11) is 1.98. The van der Waals surface area contributed by atoms with Crippen molar-refractivity contribution in [2.75, 3.05) is 37.4 Å². The Morgan fingerprint density at radius 1 is 1.45 bits per heavy atom. The Balaban J connectivity index is 1.86. The maximum Gasteiger partial charge on any atom is 0.222 e. The van der Waals surface area contributed by atoms with Gasteiger partial charge in [0.1, 0.15) is 5.82 Å². The maximum absolute atomic E-state index is 8.96. The number of aliphatic hydroxyl groups excluding tert-OH is 1. The lowest BCUT2D eigenvalue weighted by molar-refractivity contribution is 0.269. The number of aromatic nitrogens is 4. The van der Waals surface area contributed by atoms with Crippen LogP contribution in [0.5, 0.6) is 0 Å². The van der Waals surface area contributed by atoms with Gasteiger partial charge in [0, 0.05) is 37.0 Å². The minimum absolute atomic E-state index is 0.0530. The molecule has 1 fully saturated rings. The molecule has 0 aliphatic carbocycles. The molecular formula is C14H21N7O. The first-order chi connectivity index (χ1) is 10.7. The minimum Gasteiger partial charge on any atom is -0.394 e. The van der Waals surface area contributed by atoms with Gasteiger partial charge >= 0.3 is 0 Å². The van der Waals surface area contributed by atoms with Crippen molar-refractivity contribution in [3.63, 3.8) is 0 Å². The molecule has 0 bridgehead atoms. The molecule has 118 valence electrons. The summed E-state index contributed by atoms with van der Waals surface area (Å²) in [6.07, 6.45) is 4.66. The highest BCUT2D eigenvalue weighted by molar-refractivity contribution is 5.63. The van der Waals surface area contributed by atoms with Gasteiger partial charge in [-0.1, -0.05) is 0 Å². The van der Waals surface area contributed by atoms with Crippen molar-refractivity contribution in [2.45, 2.75) is 19.0 Å². The quantitative estimate of drug-likeness (QED) is 0.697. The van der Waals surface area contributed by atoms with E-state index in [-0.39, 0.29) is 12.6 Å². The summed E-state index contributed by atoms with van der Waals surface area (Å²) in [6.45, 7) is 2.38. The van der Waals surface area contributed by atoms with E-state index >= 15 is 0 Å². The van der Waals surface area contributed by atoms with Crippen LogP contribution in [0.3, 0.4) is 0 Å². The first-order valence-corrected chi connectivity index (χ1v) is 7.40. The lowest BCUT2D eigenvalue weighted by Gasteiger charge is -2.18. The molecule has 2 aromatic heterocycles. The topological polar surface area (TPSA) is 105 Å². The predicted octanol–water partition coefficient (Wildman–Crippen LogP) is -0.287. The highest BCUT2D eigenvalue weighted by Gasteiger charge is 2.23. The molecule has 0 radical (unpaired) electrons. The van der Waals surface area contributed by atoms with Crippen LogP contribution in [0.25, 0.3) is 11.3 Å². The number of nitrogens with zero attached hydrogens (tertiary/aromatic N) is 5. The molecule has 1 atom stereocenters. The second kappa shape index (κ2) is 6.29. The molecule has 0 amide bonds. The molecule has 8 heteroatoms. The van der Waals surface area contributed by atoms with Crippen LogP contribution in [-0.4, -0.2) is 57.6 Å². The Kier molecular flexibility index (Phi) is 4.21. The van der Waals surface area contributed by atoms with Gasteiger partial charge in [-0.2, -0.15) is 10.1 Å². The third-order valence-corrected chi connectivity index (χ3v) is 3.91. The highest BCUT2D eigenvalue weighted by atomic mass is 16.3. The van der Waals surface area contributed by atoms with Crippen LogP contribution in [0.4, 0.5) is 11.8 Å². The fourth-order valence-corrected chi connectivity index (χ4v) is 2.69. The molecule has 0 unspecified atom stereocenters. The maximum atomic E-state index is 8.96. The van der Waals surface area contributed by atoms with Gasteiger partial charge in [0.25, 0.3) is 0 Å². The average Bonchev–Trinajstić information content (AvgIpc) is 3.16. The van der Waals surface area contributed by atoms with E-state index in [1.165, 1.54) is 0 Å². The van der Waals surface area contributed by atoms with Gasteiger partial charge in [-0.15, -0.1) is 0 Å². The molecule has 0 aromatic carbocycles. The summed E-state index contributed by atoms with van der Waals surface area (Å²) < 4.78 is 1.68. The number of rotatable bonds is 5. The molecule has 4 N–H and O–H groups in total. The Morgan fingerprint density at radius 2 is 2.32 bits per heavy atom. The van der Waals surface area contributed by atoms with Crippen LogP contribution < -0.4 is 16.0 Å². The van der Waals surface area contributed by atoms with Crippen molar-refractivity contribution >= 4 is 11.8 Å². The van der Waals surface area contributed by atoms with Crippen molar-refractivity contribution in [1.29, 1.82) is 0 Å². The number of nitrogens with one attached hydrogen (secondary N) is 1. The summed E-state index contributed by atoms with van der Waals surface area (Å²) in [5.74, 6) is 1.10. The summed E-state index contributed by atoms with van der Waals surface area (Å²) >= 11 is 0. The van der Waals surface area contributed by atoms with E-state index in [9.17, 15) is 0 Å². The van der Waals surface area contributed by atoms with Crippen LogP contribution in [0.15, 0.2) is 18.5 Å². The number of nitrogen functional groups attached to an aromatic ring is 1. The zero-order chi connectivity index (χ0) is 15.5. The molecule has 0 saturated carbocycles. The van der Waals surface area contributed by atoms with Gasteiger partial charge in [-0.05, 0) is 13.5 Å². The summed E-state index contributed by atoms with van der Waals surface area (Å²) in [4.78, 5) is 10.9. The second-order valence-electron chi connectivity index (χ2n) is 5.41. The van der Waals surface area contributed by atoms with Crippen molar-refractivity contribution < 1.29 is 5.11 Å². The Labute approximate surface area is 129 Å². The highest BCUT2D eigenvalue weighted by Crippen LogP contribution is 2.24. The lowest BCUT2D eigenvalue weighted by Crippen LogP contribution is -2.30. The third-order valence-electron chi connectivity index (χ3n) is 3.91. The van der Waals surface area contributed by atoms with Crippen molar-refractivity contribution in [3.05, 3.63) is 18.5 Å². The van der Waals surface area contributed by atoms with Crippen LogP contribution in [0.2, 0.25) is 0 Å². The minimum atomic E-state index is 0.0530. The van der Waals surface area contributed by atoms with Gasteiger partial charge in [-0.3, -0.25) is 4.68 Å². The lowest BCUT2D eigenvalue weighted by atomic mass is 10.2. The number of likely N-dealkylation sites (N-methyl/N-ethyl adjacent to an activating group) is 1. The molecular weight excluding hydrogens is 282 g/mol. The van der Waals surface area contributed by atoms with E-state index in [0.29, 0.717) is 12.6 Å². The van der Waals surface area contributed by atoms with E-state index < -0.39 is 0 Å². The Hall–Kier alpha value is -2.19. The fraction of sp³-hybridized carbons (Fsp3) is 0.500. The van der Waals surface area contributed by atoms with E-state index in [1.807, 2.05) is 19.3 Å². The van der Waals surface area contributed by atoms with Crippen molar-refractivity contribution in [3.8, 4) is 11.3 Å². The van der Waals surface area contributed by atoms with Gasteiger partial charge in [0.05, 0.1) is 25.0 Å². The second-order valence-corrected chi connectivity index (χ2v) is 5.41. The largest absolute Gasteiger partial charge is 0.394 e. The Bertz CT molecular complexity index is 642. The van der Waals surface area contributed by atoms with Crippen LogP contribution in [0.1, 0.15) is 6.42 Å². The number of aliphatic hydroxyl groups is 1. The smallest absolute Gasteiger partial charge is 0.222 e. The molecule has 2 aromatic rings. The summed E-state index contributed by atoms with van der Waals surface area (Å²) in [5, 5.41) is 16.4. The van der Waals surface area contributed by atoms with E-state index in [2.05, 4.69) is 25.3 Å². The van der Waals surface area contributed by atoms with Crippen LogP contribution in [0, 0.1) is 0 Å². The molecule has 8 nitrogen and oxygen atoms in total. The normalized spacial score (nSPS) is 18.1. The number of anilines is 2. The first kappa shape index (κ1) is 14.7. The van der Waals surface area contributed by atoms with Gasteiger partial charge in [0.2, 0.25) is 5.95 Å².